The zero-order chi connectivity index (χ0) is 17.0. The van der Waals surface area contributed by atoms with Crippen LogP contribution >= 0.6 is 9.03 Å². The molecule has 4 nitrogen and oxygen atoms in total. The third-order valence-corrected chi connectivity index (χ3v) is 6.16. The molecule has 0 radical (unpaired) electrons. The molecule has 23 heavy (non-hydrogen) atoms. The van der Waals surface area contributed by atoms with Gasteiger partial charge in [-0.05, 0) is 56.8 Å². The van der Waals surface area contributed by atoms with Crippen LogP contribution in [0, 0.1) is 17.8 Å². The van der Waals surface area contributed by atoms with Crippen LogP contribution in [0.3, 0.4) is 0 Å². The number of hydrogen-bond acceptors (Lipinski definition) is 3. The molecule has 6 atom stereocenters. The molecule has 0 bridgehead atoms. The molecule has 1 saturated heterocycles. The molecular formula is C18H32NO3P. The molecule has 2 fully saturated rings. The first kappa shape index (κ1) is 18.9. The Labute approximate surface area is 142 Å². The van der Waals surface area contributed by atoms with E-state index in [0.29, 0.717) is 17.8 Å². The highest BCUT2D eigenvalue weighted by molar-refractivity contribution is 7.25. The minimum atomic E-state index is -0.488. The summed E-state index contributed by atoms with van der Waals surface area (Å²) in [6.07, 6.45) is 6.33. The lowest BCUT2D eigenvalue weighted by atomic mass is 9.78. The van der Waals surface area contributed by atoms with E-state index in [1.54, 1.807) is 6.92 Å². The summed E-state index contributed by atoms with van der Waals surface area (Å²) in [6, 6.07) is 0.154. The largest absolute Gasteiger partial charge is 0.352 e. The van der Waals surface area contributed by atoms with E-state index in [4.69, 9.17) is 4.52 Å². The molecule has 1 aliphatic heterocycles. The molecule has 1 heterocycles. The standard InChI is InChI=1S/C18H32NO3P/c1-12-7-8-17-16(13(2)10-12)6-5-9-19(15(4)20)14(3)11-18(17)22-23-21/h12,14,16-18,21,23H,2,5-11H2,1,3-4H3/t12?,14-,16-,17+,18?/m1/s1. The van der Waals surface area contributed by atoms with Crippen LogP contribution in [0.4, 0.5) is 0 Å². The number of rotatable bonds is 2. The molecule has 132 valence electrons. The number of amides is 1. The van der Waals surface area contributed by atoms with Crippen LogP contribution in [0.2, 0.25) is 0 Å². The molecule has 1 amide bonds. The van der Waals surface area contributed by atoms with Crippen molar-refractivity contribution in [3.63, 3.8) is 0 Å². The van der Waals surface area contributed by atoms with Gasteiger partial charge in [0.25, 0.3) is 0 Å². The van der Waals surface area contributed by atoms with Crippen LogP contribution in [-0.2, 0) is 9.32 Å². The van der Waals surface area contributed by atoms with E-state index < -0.39 is 9.03 Å². The van der Waals surface area contributed by atoms with Gasteiger partial charge in [-0.25, -0.2) is 0 Å². The van der Waals surface area contributed by atoms with Gasteiger partial charge >= 0.3 is 0 Å². The summed E-state index contributed by atoms with van der Waals surface area (Å²) in [7, 11) is -0.488. The summed E-state index contributed by atoms with van der Waals surface area (Å²) in [4.78, 5) is 23.3. The van der Waals surface area contributed by atoms with Crippen LogP contribution < -0.4 is 0 Å². The van der Waals surface area contributed by atoms with Gasteiger partial charge in [-0.1, -0.05) is 25.5 Å². The summed E-state index contributed by atoms with van der Waals surface area (Å²) in [6.45, 7) is 11.3. The molecule has 1 N–H and O–H groups in total. The van der Waals surface area contributed by atoms with E-state index in [0.717, 1.165) is 38.6 Å². The van der Waals surface area contributed by atoms with Gasteiger partial charge in [0.15, 0.2) is 9.03 Å². The predicted octanol–water partition coefficient (Wildman–Crippen LogP) is 3.90. The Morgan fingerprint density at radius 3 is 2.74 bits per heavy atom. The minimum absolute atomic E-state index is 0.0142. The number of fused-ring (bicyclic) bond motifs is 1. The van der Waals surface area contributed by atoms with Gasteiger partial charge in [-0.2, -0.15) is 0 Å². The summed E-state index contributed by atoms with van der Waals surface area (Å²) < 4.78 is 5.79. The van der Waals surface area contributed by atoms with E-state index >= 15 is 0 Å². The van der Waals surface area contributed by atoms with Crippen LogP contribution in [0.25, 0.3) is 0 Å². The van der Waals surface area contributed by atoms with Gasteiger partial charge in [-0.3, -0.25) is 4.79 Å². The number of carbonyl (C=O) groups is 1. The van der Waals surface area contributed by atoms with Crippen LogP contribution in [-0.4, -0.2) is 34.4 Å². The van der Waals surface area contributed by atoms with Crippen molar-refractivity contribution >= 4 is 14.9 Å². The Bertz CT molecular complexity index is 428. The van der Waals surface area contributed by atoms with Gasteiger partial charge in [-0.15, -0.1) is 0 Å². The summed E-state index contributed by atoms with van der Waals surface area (Å²) in [5.41, 5.74) is 1.35. The highest BCUT2D eigenvalue weighted by Crippen LogP contribution is 2.43. The van der Waals surface area contributed by atoms with Gasteiger partial charge in [0.05, 0.1) is 6.10 Å². The molecule has 5 heteroatoms. The predicted molar refractivity (Wildman–Crippen MR) is 95.2 cm³/mol. The second kappa shape index (κ2) is 8.60. The Morgan fingerprint density at radius 2 is 2.09 bits per heavy atom. The molecule has 1 saturated carbocycles. The zero-order valence-electron chi connectivity index (χ0n) is 14.8. The maximum atomic E-state index is 11.9. The van der Waals surface area contributed by atoms with Crippen molar-refractivity contribution in [1.82, 2.24) is 4.90 Å². The molecule has 1 aliphatic carbocycles. The number of nitrogens with zero attached hydrogens (tertiary/aromatic N) is 1. The van der Waals surface area contributed by atoms with Crippen molar-refractivity contribution in [2.75, 3.05) is 6.54 Å². The molecule has 3 unspecified atom stereocenters. The monoisotopic (exact) mass is 341 g/mol. The molecular weight excluding hydrogens is 309 g/mol. The highest BCUT2D eigenvalue weighted by atomic mass is 31.1. The van der Waals surface area contributed by atoms with E-state index in [9.17, 15) is 9.69 Å². The van der Waals surface area contributed by atoms with Crippen molar-refractivity contribution < 1.29 is 14.2 Å². The summed E-state index contributed by atoms with van der Waals surface area (Å²) in [5, 5.41) is 0. The van der Waals surface area contributed by atoms with Gasteiger partial charge in [0.2, 0.25) is 5.91 Å². The Kier molecular flexibility index (Phi) is 7.06. The molecule has 0 aromatic rings. The average Bonchev–Trinajstić information content (AvgIpc) is 2.56. The van der Waals surface area contributed by atoms with Crippen molar-refractivity contribution in [2.45, 2.75) is 71.4 Å². The first-order valence-corrected chi connectivity index (χ1v) is 9.79. The van der Waals surface area contributed by atoms with Crippen molar-refractivity contribution in [1.29, 1.82) is 0 Å². The fourth-order valence-corrected chi connectivity index (χ4v) is 4.96. The third kappa shape index (κ3) is 4.78. The van der Waals surface area contributed by atoms with Crippen LogP contribution in [0.1, 0.15) is 59.3 Å². The normalized spacial score (nSPS) is 37.0. The molecule has 2 rings (SSSR count). The second-order valence-electron chi connectivity index (χ2n) is 7.50. The van der Waals surface area contributed by atoms with Gasteiger partial charge in [0.1, 0.15) is 0 Å². The van der Waals surface area contributed by atoms with Crippen LogP contribution in [0.15, 0.2) is 12.2 Å². The average molecular weight is 341 g/mol. The first-order valence-electron chi connectivity index (χ1n) is 8.93. The minimum Gasteiger partial charge on any atom is -0.352 e. The third-order valence-electron chi connectivity index (χ3n) is 5.75. The fourth-order valence-electron chi connectivity index (χ4n) is 4.56. The van der Waals surface area contributed by atoms with E-state index in [2.05, 4.69) is 20.4 Å². The van der Waals surface area contributed by atoms with Crippen molar-refractivity contribution in [3.8, 4) is 0 Å². The maximum absolute atomic E-state index is 11.9. The van der Waals surface area contributed by atoms with E-state index in [1.165, 1.54) is 12.0 Å². The van der Waals surface area contributed by atoms with Crippen LogP contribution in [0.5, 0.6) is 0 Å². The Hall–Kier alpha value is -0.440. The van der Waals surface area contributed by atoms with Crippen molar-refractivity contribution in [2.24, 2.45) is 17.8 Å². The lowest BCUT2D eigenvalue weighted by Gasteiger charge is -2.34. The van der Waals surface area contributed by atoms with E-state index in [-0.39, 0.29) is 18.1 Å². The van der Waals surface area contributed by atoms with E-state index in [1.807, 2.05) is 4.90 Å². The van der Waals surface area contributed by atoms with Gasteiger partial charge < -0.3 is 14.3 Å². The van der Waals surface area contributed by atoms with Gasteiger partial charge in [0, 0.05) is 19.5 Å². The maximum Gasteiger partial charge on any atom is 0.219 e. The quantitative estimate of drug-likeness (QED) is 0.612. The first-order chi connectivity index (χ1) is 10.9. The molecule has 0 aromatic carbocycles. The summed E-state index contributed by atoms with van der Waals surface area (Å²) >= 11 is 0. The highest BCUT2D eigenvalue weighted by Gasteiger charge is 2.37. The lowest BCUT2D eigenvalue weighted by molar-refractivity contribution is -0.131. The number of allylic oxidation sites excluding steroid dienone is 1. The molecule has 0 spiro atoms. The zero-order valence-corrected chi connectivity index (χ0v) is 15.8. The number of carbonyl (C=O) groups excluding carboxylic acids is 1. The fraction of sp³-hybridized carbons (Fsp3) is 0.833. The Balaban J connectivity index is 2.26. The molecule has 2 aliphatic rings. The Morgan fingerprint density at radius 1 is 1.35 bits per heavy atom. The number of hydrogen-bond donors (Lipinski definition) is 1. The smallest absolute Gasteiger partial charge is 0.219 e. The van der Waals surface area contributed by atoms with Crippen molar-refractivity contribution in [3.05, 3.63) is 12.2 Å². The molecule has 0 aromatic heterocycles. The lowest BCUT2D eigenvalue weighted by Crippen LogP contribution is -2.40. The topological polar surface area (TPSA) is 49.8 Å². The second-order valence-corrected chi connectivity index (χ2v) is 7.92. The summed E-state index contributed by atoms with van der Waals surface area (Å²) in [5.74, 6) is 1.69. The SMILES string of the molecule is C=C1CC(C)CC[C@@H]2C(OPO)C[C@@H](C)N(C(C)=O)CCC[C@H]12.